The van der Waals surface area contributed by atoms with Gasteiger partial charge in [0.1, 0.15) is 18.1 Å². The second-order valence-corrected chi connectivity index (χ2v) is 6.54. The molecule has 0 radical (unpaired) electrons. The Labute approximate surface area is 166 Å². The molecule has 28 heavy (non-hydrogen) atoms. The lowest BCUT2D eigenvalue weighted by Crippen LogP contribution is -2.11. The van der Waals surface area contributed by atoms with E-state index in [1.54, 1.807) is 12.2 Å². The zero-order chi connectivity index (χ0) is 20.2. The first-order chi connectivity index (χ1) is 13.7. The minimum atomic E-state index is -0.318. The average molecular weight is 386 g/mol. The number of aryl methyl sites for hydroxylation is 1. The topological polar surface area (TPSA) is 68.9 Å². The SMILES string of the molecule is CC=Cc1oc(CO)cc(=O)c1OCCCCCOc1ccccc1CCC. The Morgan fingerprint density at radius 3 is 2.57 bits per heavy atom. The average Bonchev–Trinajstić information content (AvgIpc) is 2.70. The maximum atomic E-state index is 12.2. The number of unbranched alkanes of at least 4 members (excludes halogenated alkanes) is 2. The Bertz CT molecular complexity index is 807. The number of benzene rings is 1. The molecule has 152 valence electrons. The largest absolute Gasteiger partial charge is 0.493 e. The lowest BCUT2D eigenvalue weighted by molar-refractivity contribution is 0.234. The molecule has 0 aliphatic carbocycles. The first-order valence-corrected chi connectivity index (χ1v) is 9.93. The molecule has 1 heterocycles. The molecular weight excluding hydrogens is 356 g/mol. The van der Waals surface area contributed by atoms with Gasteiger partial charge in [0, 0.05) is 6.07 Å². The molecule has 0 fully saturated rings. The molecule has 0 amide bonds. The van der Waals surface area contributed by atoms with E-state index in [0.717, 1.165) is 37.9 Å². The van der Waals surface area contributed by atoms with Crippen LogP contribution in [0.1, 0.15) is 56.6 Å². The van der Waals surface area contributed by atoms with Crippen molar-refractivity contribution in [3.05, 3.63) is 63.7 Å². The van der Waals surface area contributed by atoms with Gasteiger partial charge < -0.3 is 19.0 Å². The van der Waals surface area contributed by atoms with Gasteiger partial charge in [-0.1, -0.05) is 37.6 Å². The Kier molecular flexibility index (Phi) is 9.35. The molecule has 2 rings (SSSR count). The zero-order valence-electron chi connectivity index (χ0n) is 16.8. The summed E-state index contributed by atoms with van der Waals surface area (Å²) in [7, 11) is 0. The quantitative estimate of drug-likeness (QED) is 0.533. The van der Waals surface area contributed by atoms with E-state index in [-0.39, 0.29) is 23.5 Å². The molecule has 5 nitrogen and oxygen atoms in total. The van der Waals surface area contributed by atoms with Gasteiger partial charge in [-0.25, -0.2) is 0 Å². The van der Waals surface area contributed by atoms with Crippen molar-refractivity contribution in [2.45, 2.75) is 52.6 Å². The predicted molar refractivity (Wildman–Crippen MR) is 111 cm³/mol. The van der Waals surface area contributed by atoms with Gasteiger partial charge in [-0.05, 0) is 50.3 Å². The van der Waals surface area contributed by atoms with E-state index >= 15 is 0 Å². The number of rotatable bonds is 12. The highest BCUT2D eigenvalue weighted by Crippen LogP contribution is 2.20. The monoisotopic (exact) mass is 386 g/mol. The smallest absolute Gasteiger partial charge is 0.227 e. The Morgan fingerprint density at radius 2 is 1.86 bits per heavy atom. The van der Waals surface area contributed by atoms with Crippen LogP contribution in [0.4, 0.5) is 0 Å². The standard InChI is InChI=1S/C23H30O5/c1-3-10-18-12-6-7-13-21(18)26-14-8-5-9-15-27-23-20(25)16-19(17-24)28-22(23)11-4-2/h4,6-7,11-13,16,24H,3,5,8-10,14-15,17H2,1-2H3. The van der Waals surface area contributed by atoms with Crippen LogP contribution < -0.4 is 14.9 Å². The summed E-state index contributed by atoms with van der Waals surface area (Å²) in [6, 6.07) is 9.44. The minimum Gasteiger partial charge on any atom is -0.493 e. The van der Waals surface area contributed by atoms with Crippen LogP contribution in [0.25, 0.3) is 6.08 Å². The van der Waals surface area contributed by atoms with Gasteiger partial charge in [0.25, 0.3) is 0 Å². The van der Waals surface area contributed by atoms with E-state index in [0.29, 0.717) is 19.0 Å². The molecule has 0 spiro atoms. The highest BCUT2D eigenvalue weighted by molar-refractivity contribution is 5.50. The van der Waals surface area contributed by atoms with Gasteiger partial charge in [-0.15, -0.1) is 0 Å². The van der Waals surface area contributed by atoms with Gasteiger partial charge in [-0.3, -0.25) is 4.79 Å². The summed E-state index contributed by atoms with van der Waals surface area (Å²) in [5.41, 5.74) is 0.974. The molecule has 0 unspecified atom stereocenters. The van der Waals surface area contributed by atoms with E-state index in [1.165, 1.54) is 11.6 Å². The molecule has 0 aliphatic heterocycles. The van der Waals surface area contributed by atoms with Crippen LogP contribution >= 0.6 is 0 Å². The van der Waals surface area contributed by atoms with Crippen LogP contribution in [0.5, 0.6) is 11.5 Å². The number of hydrogen-bond acceptors (Lipinski definition) is 5. The Hall–Kier alpha value is -2.53. The molecule has 0 aliphatic rings. The molecular formula is C23H30O5. The Morgan fingerprint density at radius 1 is 1.11 bits per heavy atom. The highest BCUT2D eigenvalue weighted by atomic mass is 16.5. The normalized spacial score (nSPS) is 11.1. The fourth-order valence-corrected chi connectivity index (χ4v) is 2.89. The van der Waals surface area contributed by atoms with Gasteiger partial charge >= 0.3 is 0 Å². The second-order valence-electron chi connectivity index (χ2n) is 6.54. The van der Waals surface area contributed by atoms with Crippen LogP contribution in [0.2, 0.25) is 0 Å². The molecule has 0 atom stereocenters. The van der Waals surface area contributed by atoms with Crippen LogP contribution in [-0.4, -0.2) is 18.3 Å². The van der Waals surface area contributed by atoms with Crippen molar-refractivity contribution >= 4 is 6.08 Å². The van der Waals surface area contributed by atoms with E-state index in [1.807, 2.05) is 25.1 Å². The summed E-state index contributed by atoms with van der Waals surface area (Å²) in [5, 5.41) is 9.16. The lowest BCUT2D eigenvalue weighted by Gasteiger charge is -2.11. The molecule has 0 saturated carbocycles. The van der Waals surface area contributed by atoms with Crippen molar-refractivity contribution in [2.75, 3.05) is 13.2 Å². The first-order valence-electron chi connectivity index (χ1n) is 9.93. The minimum absolute atomic E-state index is 0.194. The fraction of sp³-hybridized carbons (Fsp3) is 0.435. The van der Waals surface area contributed by atoms with Crippen molar-refractivity contribution in [2.24, 2.45) is 0 Å². The number of ether oxygens (including phenoxy) is 2. The Balaban J connectivity index is 1.76. The van der Waals surface area contributed by atoms with Crippen molar-refractivity contribution in [3.8, 4) is 11.5 Å². The second kappa shape index (κ2) is 12.0. The third-order valence-corrected chi connectivity index (χ3v) is 4.24. The third-order valence-electron chi connectivity index (χ3n) is 4.24. The number of allylic oxidation sites excluding steroid dienone is 1. The van der Waals surface area contributed by atoms with Crippen LogP contribution in [0, 0.1) is 0 Å². The molecule has 2 aromatic rings. The molecule has 0 bridgehead atoms. The summed E-state index contributed by atoms with van der Waals surface area (Å²) < 4.78 is 17.0. The number of para-hydroxylation sites is 1. The van der Waals surface area contributed by atoms with E-state index in [4.69, 9.17) is 19.0 Å². The lowest BCUT2D eigenvalue weighted by atomic mass is 10.1. The predicted octanol–water partition coefficient (Wildman–Crippen LogP) is 4.75. The maximum Gasteiger partial charge on any atom is 0.227 e. The third kappa shape index (κ3) is 6.57. The maximum absolute atomic E-state index is 12.2. The first kappa shape index (κ1) is 21.8. The van der Waals surface area contributed by atoms with Gasteiger partial charge in [0.05, 0.1) is 13.2 Å². The molecule has 1 aromatic carbocycles. The van der Waals surface area contributed by atoms with Crippen LogP contribution in [0.15, 0.2) is 45.6 Å². The summed E-state index contributed by atoms with van der Waals surface area (Å²) in [6.07, 6.45) is 8.23. The van der Waals surface area contributed by atoms with Crippen molar-refractivity contribution < 1.29 is 19.0 Å². The molecule has 0 saturated heterocycles. The van der Waals surface area contributed by atoms with E-state index < -0.39 is 0 Å². The summed E-state index contributed by atoms with van der Waals surface area (Å²) >= 11 is 0. The summed E-state index contributed by atoms with van der Waals surface area (Å²) in [4.78, 5) is 12.2. The number of aliphatic hydroxyl groups is 1. The molecule has 1 N–H and O–H groups in total. The van der Waals surface area contributed by atoms with E-state index in [9.17, 15) is 4.79 Å². The van der Waals surface area contributed by atoms with E-state index in [2.05, 4.69) is 13.0 Å². The van der Waals surface area contributed by atoms with Crippen LogP contribution in [-0.2, 0) is 13.0 Å². The van der Waals surface area contributed by atoms with Crippen molar-refractivity contribution in [1.29, 1.82) is 0 Å². The van der Waals surface area contributed by atoms with Gasteiger partial charge in [-0.2, -0.15) is 0 Å². The number of hydrogen-bond donors (Lipinski definition) is 1. The zero-order valence-corrected chi connectivity index (χ0v) is 16.8. The van der Waals surface area contributed by atoms with Gasteiger partial charge in [0.2, 0.25) is 11.2 Å². The van der Waals surface area contributed by atoms with Gasteiger partial charge in [0.15, 0.2) is 5.76 Å². The molecule has 1 aromatic heterocycles. The number of aliphatic hydroxyl groups excluding tert-OH is 1. The summed E-state index contributed by atoms with van der Waals surface area (Å²) in [5.74, 6) is 1.74. The van der Waals surface area contributed by atoms with Crippen molar-refractivity contribution in [3.63, 3.8) is 0 Å². The highest BCUT2D eigenvalue weighted by Gasteiger charge is 2.11. The molecule has 5 heteroatoms. The van der Waals surface area contributed by atoms with Crippen LogP contribution in [0.3, 0.4) is 0 Å². The van der Waals surface area contributed by atoms with Crippen molar-refractivity contribution in [1.82, 2.24) is 0 Å². The summed E-state index contributed by atoms with van der Waals surface area (Å²) in [6.45, 7) is 4.77. The fourth-order valence-electron chi connectivity index (χ4n) is 2.89.